The molecule has 0 aromatic rings. The molecular weight excluding hydrogens is 172 g/mol. The van der Waals surface area contributed by atoms with Crippen LogP contribution in [0.2, 0.25) is 0 Å². The molecule has 2 rings (SSSR count). The predicted octanol–water partition coefficient (Wildman–Crippen LogP) is 1.08. The minimum absolute atomic E-state index is 0.822. The lowest BCUT2D eigenvalue weighted by atomic mass is 10.3. The molecule has 2 heteroatoms. The van der Waals surface area contributed by atoms with Gasteiger partial charge >= 0.3 is 0 Å². The zero-order valence-electron chi connectivity index (χ0n) is 8.84. The van der Waals surface area contributed by atoms with Crippen LogP contribution in [0.25, 0.3) is 0 Å². The molecule has 0 unspecified atom stereocenters. The second-order valence-corrected chi connectivity index (χ2v) is 4.61. The maximum Gasteiger partial charge on any atom is 0.0599 e. The third-order valence-electron chi connectivity index (χ3n) is 2.97. The molecule has 0 bridgehead atoms. The molecule has 1 N–H and O–H groups in total. The summed E-state index contributed by atoms with van der Waals surface area (Å²) in [6.45, 7) is 4.27. The summed E-state index contributed by atoms with van der Waals surface area (Å²) in [6.07, 6.45) is 10.9. The molecule has 0 saturated heterocycles. The summed E-state index contributed by atoms with van der Waals surface area (Å²) in [4.78, 5) is 2.41. The van der Waals surface area contributed by atoms with Gasteiger partial charge < -0.3 is 5.32 Å². The molecule has 2 nitrogen and oxygen atoms in total. The van der Waals surface area contributed by atoms with E-state index in [-0.39, 0.29) is 0 Å². The van der Waals surface area contributed by atoms with Crippen LogP contribution in [-0.4, -0.2) is 37.1 Å². The molecule has 0 radical (unpaired) electrons. The summed E-state index contributed by atoms with van der Waals surface area (Å²) >= 11 is 0. The van der Waals surface area contributed by atoms with Crippen molar-refractivity contribution in [1.82, 2.24) is 10.2 Å². The first-order chi connectivity index (χ1) is 6.88. The van der Waals surface area contributed by atoms with E-state index in [1.54, 1.807) is 0 Å². The first-order valence-corrected chi connectivity index (χ1v) is 5.77. The van der Waals surface area contributed by atoms with Crippen molar-refractivity contribution in [3.05, 3.63) is 0 Å². The fraction of sp³-hybridized carbons (Fsp3) is 0.833. The van der Waals surface area contributed by atoms with E-state index in [1.807, 2.05) is 0 Å². The van der Waals surface area contributed by atoms with Gasteiger partial charge in [-0.15, -0.1) is 6.42 Å². The molecule has 0 aromatic heterocycles. The monoisotopic (exact) mass is 192 g/mol. The van der Waals surface area contributed by atoms with Gasteiger partial charge in [-0.25, -0.2) is 0 Å². The van der Waals surface area contributed by atoms with Crippen molar-refractivity contribution >= 4 is 0 Å². The summed E-state index contributed by atoms with van der Waals surface area (Å²) in [7, 11) is 0. The SMILES string of the molecule is C#CCN(CCNC1CC1)CC1CC1. The average molecular weight is 192 g/mol. The summed E-state index contributed by atoms with van der Waals surface area (Å²) in [5, 5.41) is 3.53. The van der Waals surface area contributed by atoms with Crippen LogP contribution < -0.4 is 5.32 Å². The summed E-state index contributed by atoms with van der Waals surface area (Å²) < 4.78 is 0. The van der Waals surface area contributed by atoms with Crippen LogP contribution >= 0.6 is 0 Å². The van der Waals surface area contributed by atoms with E-state index in [9.17, 15) is 0 Å². The fourth-order valence-corrected chi connectivity index (χ4v) is 1.74. The van der Waals surface area contributed by atoms with Crippen molar-refractivity contribution in [3.63, 3.8) is 0 Å². The zero-order chi connectivity index (χ0) is 9.80. The van der Waals surface area contributed by atoms with Crippen molar-refractivity contribution in [2.45, 2.75) is 31.7 Å². The van der Waals surface area contributed by atoms with E-state index >= 15 is 0 Å². The molecule has 2 fully saturated rings. The minimum Gasteiger partial charge on any atom is -0.313 e. The lowest BCUT2D eigenvalue weighted by molar-refractivity contribution is 0.293. The highest BCUT2D eigenvalue weighted by molar-refractivity contribution is 4.90. The smallest absolute Gasteiger partial charge is 0.0599 e. The number of nitrogens with one attached hydrogen (secondary N) is 1. The van der Waals surface area contributed by atoms with Gasteiger partial charge in [0.15, 0.2) is 0 Å². The summed E-state index contributed by atoms with van der Waals surface area (Å²) in [5.74, 6) is 3.70. The highest BCUT2D eigenvalue weighted by atomic mass is 15.1. The van der Waals surface area contributed by atoms with Gasteiger partial charge in [-0.3, -0.25) is 4.90 Å². The highest BCUT2D eigenvalue weighted by Gasteiger charge is 2.24. The second-order valence-electron chi connectivity index (χ2n) is 4.61. The van der Waals surface area contributed by atoms with Gasteiger partial charge in [0.05, 0.1) is 6.54 Å². The number of rotatable bonds is 7. The lowest BCUT2D eigenvalue weighted by Gasteiger charge is -2.19. The quantitative estimate of drug-likeness (QED) is 0.607. The van der Waals surface area contributed by atoms with Crippen LogP contribution in [0, 0.1) is 18.3 Å². The molecule has 0 heterocycles. The number of terminal acetylenes is 1. The van der Waals surface area contributed by atoms with Crippen LogP contribution in [0.5, 0.6) is 0 Å². The highest BCUT2D eigenvalue weighted by Crippen LogP contribution is 2.29. The Labute approximate surface area is 87.1 Å². The third-order valence-corrected chi connectivity index (χ3v) is 2.97. The molecular formula is C12H20N2. The Hall–Kier alpha value is -0.520. The van der Waals surface area contributed by atoms with E-state index in [2.05, 4.69) is 16.1 Å². The molecule has 14 heavy (non-hydrogen) atoms. The standard InChI is InChI=1S/C12H20N2/c1-2-8-14(10-11-3-4-11)9-7-13-12-5-6-12/h1,11-13H,3-10H2. The first-order valence-electron chi connectivity index (χ1n) is 5.77. The van der Waals surface area contributed by atoms with Crippen LogP contribution in [0.1, 0.15) is 25.7 Å². The normalized spacial score (nSPS) is 21.1. The van der Waals surface area contributed by atoms with E-state index in [0.29, 0.717) is 0 Å². The molecule has 78 valence electrons. The number of hydrogen-bond acceptors (Lipinski definition) is 2. The van der Waals surface area contributed by atoms with Crippen LogP contribution in [-0.2, 0) is 0 Å². The molecule has 0 spiro atoms. The van der Waals surface area contributed by atoms with E-state index in [4.69, 9.17) is 6.42 Å². The molecule has 2 saturated carbocycles. The van der Waals surface area contributed by atoms with Gasteiger partial charge in [-0.1, -0.05) is 5.92 Å². The average Bonchev–Trinajstić information content (AvgIpc) is 2.98. The first kappa shape index (κ1) is 10.0. The maximum absolute atomic E-state index is 5.36. The Bertz CT molecular complexity index is 211. The molecule has 0 amide bonds. The van der Waals surface area contributed by atoms with Crippen molar-refractivity contribution < 1.29 is 0 Å². The Morgan fingerprint density at radius 2 is 2.07 bits per heavy atom. The molecule has 2 aliphatic rings. The van der Waals surface area contributed by atoms with E-state index < -0.39 is 0 Å². The lowest BCUT2D eigenvalue weighted by Crippen LogP contribution is -2.34. The molecule has 0 aromatic carbocycles. The fourth-order valence-electron chi connectivity index (χ4n) is 1.74. The van der Waals surface area contributed by atoms with Gasteiger partial charge in [0.2, 0.25) is 0 Å². The maximum atomic E-state index is 5.36. The topological polar surface area (TPSA) is 15.3 Å². The summed E-state index contributed by atoms with van der Waals surface area (Å²) in [5.41, 5.74) is 0. The van der Waals surface area contributed by atoms with Crippen LogP contribution in [0.15, 0.2) is 0 Å². The number of hydrogen-bond donors (Lipinski definition) is 1. The van der Waals surface area contributed by atoms with Crippen molar-refractivity contribution in [3.8, 4) is 12.3 Å². The van der Waals surface area contributed by atoms with Crippen molar-refractivity contribution in [2.75, 3.05) is 26.2 Å². The Balaban J connectivity index is 1.58. The van der Waals surface area contributed by atoms with E-state index in [1.165, 1.54) is 32.2 Å². The Kier molecular flexibility index (Phi) is 3.44. The predicted molar refractivity (Wildman–Crippen MR) is 59.0 cm³/mol. The van der Waals surface area contributed by atoms with Gasteiger partial charge in [0.25, 0.3) is 0 Å². The Morgan fingerprint density at radius 3 is 2.64 bits per heavy atom. The zero-order valence-corrected chi connectivity index (χ0v) is 8.84. The summed E-state index contributed by atoms with van der Waals surface area (Å²) in [6, 6.07) is 0.823. The van der Waals surface area contributed by atoms with Crippen molar-refractivity contribution in [1.29, 1.82) is 0 Å². The minimum atomic E-state index is 0.822. The van der Waals surface area contributed by atoms with Crippen LogP contribution in [0.3, 0.4) is 0 Å². The largest absolute Gasteiger partial charge is 0.313 e. The van der Waals surface area contributed by atoms with E-state index in [0.717, 1.165) is 31.6 Å². The molecule has 0 atom stereocenters. The van der Waals surface area contributed by atoms with Gasteiger partial charge in [-0.05, 0) is 31.6 Å². The molecule has 0 aliphatic heterocycles. The third kappa shape index (κ3) is 3.69. The molecule has 2 aliphatic carbocycles. The number of nitrogens with zero attached hydrogens (tertiary/aromatic N) is 1. The van der Waals surface area contributed by atoms with Gasteiger partial charge in [-0.2, -0.15) is 0 Å². The van der Waals surface area contributed by atoms with Crippen molar-refractivity contribution in [2.24, 2.45) is 5.92 Å². The second kappa shape index (κ2) is 4.82. The van der Waals surface area contributed by atoms with Gasteiger partial charge in [0, 0.05) is 25.7 Å². The van der Waals surface area contributed by atoms with Gasteiger partial charge in [0.1, 0.15) is 0 Å². The van der Waals surface area contributed by atoms with Crippen LogP contribution in [0.4, 0.5) is 0 Å². The Morgan fingerprint density at radius 1 is 1.29 bits per heavy atom.